The van der Waals surface area contributed by atoms with E-state index in [2.05, 4.69) is 20.4 Å². The van der Waals surface area contributed by atoms with Gasteiger partial charge in [0.05, 0.1) is 6.04 Å². The van der Waals surface area contributed by atoms with E-state index in [0.29, 0.717) is 11.7 Å². The molecule has 2 aromatic rings. The summed E-state index contributed by atoms with van der Waals surface area (Å²) < 4.78 is 5.31. The van der Waals surface area contributed by atoms with E-state index < -0.39 is 0 Å². The van der Waals surface area contributed by atoms with Crippen LogP contribution in [0.25, 0.3) is 11.4 Å². The Labute approximate surface area is 99.3 Å². The maximum atomic E-state index is 5.31. The molecule has 0 radical (unpaired) electrons. The minimum atomic E-state index is 0.215. The fraction of sp³-hybridized carbons (Fsp3) is 0.417. The molecule has 5 nitrogen and oxygen atoms in total. The van der Waals surface area contributed by atoms with Gasteiger partial charge in [-0.25, -0.2) is 0 Å². The molecule has 1 atom stereocenters. The quantitative estimate of drug-likeness (QED) is 0.854. The molecule has 17 heavy (non-hydrogen) atoms. The van der Waals surface area contributed by atoms with Gasteiger partial charge in [-0.2, -0.15) is 4.98 Å². The Morgan fingerprint density at radius 1 is 1.24 bits per heavy atom. The Morgan fingerprint density at radius 2 is 2.12 bits per heavy atom. The maximum Gasteiger partial charge on any atom is 0.244 e. The van der Waals surface area contributed by atoms with Gasteiger partial charge in [0.25, 0.3) is 0 Å². The van der Waals surface area contributed by atoms with Gasteiger partial charge in [-0.05, 0) is 31.5 Å². The third kappa shape index (κ3) is 2.19. The number of nitrogens with one attached hydrogen (secondary N) is 1. The number of piperidine rings is 1. The number of hydrogen-bond acceptors (Lipinski definition) is 5. The molecule has 0 aliphatic carbocycles. The zero-order chi connectivity index (χ0) is 11.5. The number of hydrogen-bond donors (Lipinski definition) is 1. The van der Waals surface area contributed by atoms with Gasteiger partial charge in [0, 0.05) is 18.0 Å². The molecule has 1 saturated heterocycles. The van der Waals surface area contributed by atoms with Gasteiger partial charge >= 0.3 is 0 Å². The van der Waals surface area contributed by atoms with Crippen LogP contribution in [0.2, 0.25) is 0 Å². The van der Waals surface area contributed by atoms with Crippen LogP contribution in [0.3, 0.4) is 0 Å². The minimum absolute atomic E-state index is 0.215. The van der Waals surface area contributed by atoms with Crippen molar-refractivity contribution in [1.29, 1.82) is 0 Å². The highest BCUT2D eigenvalue weighted by atomic mass is 16.5. The highest BCUT2D eigenvalue weighted by Crippen LogP contribution is 2.23. The second-order valence-electron chi connectivity index (χ2n) is 4.19. The van der Waals surface area contributed by atoms with Crippen molar-refractivity contribution in [1.82, 2.24) is 20.4 Å². The summed E-state index contributed by atoms with van der Waals surface area (Å²) in [5.41, 5.74) is 0.936. The second-order valence-corrected chi connectivity index (χ2v) is 4.19. The fourth-order valence-corrected chi connectivity index (χ4v) is 2.06. The average Bonchev–Trinajstić information content (AvgIpc) is 2.90. The first-order valence-corrected chi connectivity index (χ1v) is 5.91. The highest BCUT2D eigenvalue weighted by Gasteiger charge is 2.21. The maximum absolute atomic E-state index is 5.31. The Kier molecular flexibility index (Phi) is 2.83. The zero-order valence-corrected chi connectivity index (χ0v) is 9.47. The van der Waals surface area contributed by atoms with Crippen molar-refractivity contribution in [2.75, 3.05) is 6.54 Å². The predicted molar refractivity (Wildman–Crippen MR) is 62.1 cm³/mol. The highest BCUT2D eigenvalue weighted by molar-refractivity contribution is 5.52. The van der Waals surface area contributed by atoms with Crippen molar-refractivity contribution in [2.24, 2.45) is 0 Å². The molecule has 3 heterocycles. The summed E-state index contributed by atoms with van der Waals surface area (Å²) in [6, 6.07) is 3.97. The lowest BCUT2D eigenvalue weighted by Crippen LogP contribution is -2.26. The molecule has 0 spiro atoms. The summed E-state index contributed by atoms with van der Waals surface area (Å²) in [5.74, 6) is 1.33. The van der Waals surface area contributed by atoms with Crippen molar-refractivity contribution in [3.8, 4) is 11.4 Å². The summed E-state index contributed by atoms with van der Waals surface area (Å²) >= 11 is 0. The van der Waals surface area contributed by atoms with Gasteiger partial charge in [-0.1, -0.05) is 11.6 Å². The molecule has 0 amide bonds. The van der Waals surface area contributed by atoms with Gasteiger partial charge in [0.1, 0.15) is 0 Å². The average molecular weight is 230 g/mol. The molecule has 88 valence electrons. The van der Waals surface area contributed by atoms with Crippen molar-refractivity contribution in [3.05, 3.63) is 30.4 Å². The van der Waals surface area contributed by atoms with Gasteiger partial charge in [0.15, 0.2) is 0 Å². The summed E-state index contributed by atoms with van der Waals surface area (Å²) in [6.07, 6.45) is 6.96. The van der Waals surface area contributed by atoms with Crippen LogP contribution in [0.15, 0.2) is 29.0 Å². The van der Waals surface area contributed by atoms with E-state index in [1.807, 2.05) is 12.1 Å². The van der Waals surface area contributed by atoms with E-state index in [0.717, 1.165) is 18.5 Å². The lowest BCUT2D eigenvalue weighted by Gasteiger charge is -2.19. The molecule has 5 heteroatoms. The SMILES string of the molecule is c1cc(-c2noc(C3CCCCN3)n2)ccn1. The third-order valence-electron chi connectivity index (χ3n) is 2.99. The first-order chi connectivity index (χ1) is 8.43. The second kappa shape index (κ2) is 4.63. The van der Waals surface area contributed by atoms with Crippen LogP contribution >= 0.6 is 0 Å². The molecule has 2 aromatic heterocycles. The fourth-order valence-electron chi connectivity index (χ4n) is 2.06. The van der Waals surface area contributed by atoms with E-state index in [-0.39, 0.29) is 6.04 Å². The largest absolute Gasteiger partial charge is 0.337 e. The number of rotatable bonds is 2. The van der Waals surface area contributed by atoms with Gasteiger partial charge in [-0.3, -0.25) is 4.98 Å². The molecule has 1 unspecified atom stereocenters. The predicted octanol–water partition coefficient (Wildman–Crippen LogP) is 1.95. The molecular weight excluding hydrogens is 216 g/mol. The lowest BCUT2D eigenvalue weighted by molar-refractivity contribution is 0.297. The zero-order valence-electron chi connectivity index (χ0n) is 9.47. The summed E-state index contributed by atoms with van der Waals surface area (Å²) in [7, 11) is 0. The molecule has 0 bridgehead atoms. The smallest absolute Gasteiger partial charge is 0.244 e. The Hall–Kier alpha value is -1.75. The van der Waals surface area contributed by atoms with Crippen LogP contribution in [-0.2, 0) is 0 Å². The first-order valence-electron chi connectivity index (χ1n) is 5.91. The van der Waals surface area contributed by atoms with Crippen molar-refractivity contribution in [2.45, 2.75) is 25.3 Å². The molecule has 0 aromatic carbocycles. The van der Waals surface area contributed by atoms with Crippen molar-refractivity contribution in [3.63, 3.8) is 0 Å². The normalized spacial score (nSPS) is 20.4. The topological polar surface area (TPSA) is 63.8 Å². The molecule has 1 aliphatic rings. The van der Waals surface area contributed by atoms with Crippen LogP contribution in [0.1, 0.15) is 31.2 Å². The van der Waals surface area contributed by atoms with E-state index in [1.165, 1.54) is 12.8 Å². The molecule has 3 rings (SSSR count). The minimum Gasteiger partial charge on any atom is -0.337 e. The van der Waals surface area contributed by atoms with Crippen molar-refractivity contribution >= 4 is 0 Å². The Morgan fingerprint density at radius 3 is 2.88 bits per heavy atom. The van der Waals surface area contributed by atoms with E-state index in [4.69, 9.17) is 4.52 Å². The van der Waals surface area contributed by atoms with Crippen LogP contribution in [0.5, 0.6) is 0 Å². The Balaban J connectivity index is 1.83. The summed E-state index contributed by atoms with van der Waals surface area (Å²) in [6.45, 7) is 1.03. The third-order valence-corrected chi connectivity index (χ3v) is 2.99. The first kappa shape index (κ1) is 10.4. The lowest BCUT2D eigenvalue weighted by atomic mass is 10.1. The molecule has 0 saturated carbocycles. The van der Waals surface area contributed by atoms with E-state index in [9.17, 15) is 0 Å². The van der Waals surface area contributed by atoms with E-state index in [1.54, 1.807) is 12.4 Å². The number of pyridine rings is 1. The van der Waals surface area contributed by atoms with Gasteiger partial charge < -0.3 is 9.84 Å². The Bertz CT molecular complexity index is 476. The summed E-state index contributed by atoms with van der Waals surface area (Å²) in [4.78, 5) is 8.41. The van der Waals surface area contributed by atoms with Gasteiger partial charge in [0.2, 0.25) is 11.7 Å². The molecule has 1 N–H and O–H groups in total. The number of aromatic nitrogens is 3. The summed E-state index contributed by atoms with van der Waals surface area (Å²) in [5, 5.41) is 7.40. The molecule has 1 fully saturated rings. The molecular formula is C12H14N4O. The van der Waals surface area contributed by atoms with E-state index >= 15 is 0 Å². The monoisotopic (exact) mass is 230 g/mol. The van der Waals surface area contributed by atoms with Crippen LogP contribution in [0, 0.1) is 0 Å². The van der Waals surface area contributed by atoms with Crippen LogP contribution in [0.4, 0.5) is 0 Å². The van der Waals surface area contributed by atoms with Gasteiger partial charge in [-0.15, -0.1) is 0 Å². The molecule has 1 aliphatic heterocycles. The van der Waals surface area contributed by atoms with Crippen LogP contribution < -0.4 is 5.32 Å². The van der Waals surface area contributed by atoms with Crippen LogP contribution in [-0.4, -0.2) is 21.7 Å². The van der Waals surface area contributed by atoms with Crippen molar-refractivity contribution < 1.29 is 4.52 Å². The number of nitrogens with zero attached hydrogens (tertiary/aromatic N) is 3. The standard InChI is InChI=1S/C12H14N4O/c1-2-6-14-10(3-1)12-15-11(16-17-12)9-4-7-13-8-5-9/h4-5,7-8,10,14H,1-3,6H2.